The average Bonchev–Trinajstić information content (AvgIpc) is 3.48. The van der Waals surface area contributed by atoms with Crippen LogP contribution >= 0.6 is 0 Å². The molecule has 2 unspecified atom stereocenters. The maximum Gasteiger partial charge on any atom is 0.408 e. The zero-order valence-corrected chi connectivity index (χ0v) is 29.6. The Labute approximate surface area is 288 Å². The summed E-state index contributed by atoms with van der Waals surface area (Å²) in [5.74, 6) is -0.460. The number of carbonyl (C=O) groups is 4. The van der Waals surface area contributed by atoms with Gasteiger partial charge >= 0.3 is 6.09 Å². The maximum absolute atomic E-state index is 13.9. The van der Waals surface area contributed by atoms with E-state index in [-0.39, 0.29) is 24.9 Å². The molecule has 1 fully saturated rings. The lowest BCUT2D eigenvalue weighted by Crippen LogP contribution is -2.59. The highest BCUT2D eigenvalue weighted by Crippen LogP contribution is 2.26. The Morgan fingerprint density at radius 3 is 2.24 bits per heavy atom. The molecule has 49 heavy (non-hydrogen) atoms. The molecule has 2 aromatic carbocycles. The molecular formula is C37H50N6O6. The molecule has 3 aromatic rings. The molecule has 1 saturated heterocycles. The molecule has 0 bridgehead atoms. The van der Waals surface area contributed by atoms with E-state index in [1.54, 1.807) is 31.5 Å². The van der Waals surface area contributed by atoms with Crippen LogP contribution in [-0.4, -0.2) is 75.1 Å². The molecule has 4 rings (SSSR count). The number of anilines is 1. The zero-order valence-electron chi connectivity index (χ0n) is 29.6. The Balaban J connectivity index is 1.52. The van der Waals surface area contributed by atoms with Gasteiger partial charge in [-0.2, -0.15) is 0 Å². The van der Waals surface area contributed by atoms with Crippen LogP contribution in [0.2, 0.25) is 0 Å². The summed E-state index contributed by atoms with van der Waals surface area (Å²) in [4.78, 5) is 59.8. The molecule has 1 aliphatic heterocycles. The third kappa shape index (κ3) is 10.9. The molecule has 2 atom stereocenters. The average molecular weight is 675 g/mol. The van der Waals surface area contributed by atoms with E-state index in [9.17, 15) is 19.2 Å². The molecule has 3 N–H and O–H groups in total. The van der Waals surface area contributed by atoms with E-state index >= 15 is 0 Å². The van der Waals surface area contributed by atoms with Gasteiger partial charge in [-0.3, -0.25) is 14.4 Å². The van der Waals surface area contributed by atoms with Crippen molar-refractivity contribution in [2.24, 2.45) is 5.92 Å². The predicted octanol–water partition coefficient (Wildman–Crippen LogP) is 4.98. The summed E-state index contributed by atoms with van der Waals surface area (Å²) in [6, 6.07) is 15.4. The van der Waals surface area contributed by atoms with Crippen LogP contribution in [0.1, 0.15) is 77.1 Å². The molecule has 264 valence electrons. The van der Waals surface area contributed by atoms with Crippen LogP contribution < -0.4 is 16.0 Å². The minimum absolute atomic E-state index is 0.0369. The van der Waals surface area contributed by atoms with E-state index < -0.39 is 41.1 Å². The van der Waals surface area contributed by atoms with Crippen LogP contribution in [0.25, 0.3) is 0 Å². The Bertz CT molecular complexity index is 1570. The molecule has 1 aromatic heterocycles. The second-order valence-corrected chi connectivity index (χ2v) is 14.3. The fourth-order valence-electron chi connectivity index (χ4n) is 5.35. The topological polar surface area (TPSA) is 144 Å². The minimum atomic E-state index is -1.42. The zero-order chi connectivity index (χ0) is 35.8. The van der Waals surface area contributed by atoms with Crippen LogP contribution in [0.15, 0.2) is 67.1 Å². The van der Waals surface area contributed by atoms with Crippen molar-refractivity contribution in [3.63, 3.8) is 0 Å². The number of amides is 4. The lowest BCUT2D eigenvalue weighted by Gasteiger charge is -2.33. The van der Waals surface area contributed by atoms with Gasteiger partial charge in [-0.25, -0.2) is 9.78 Å². The fourth-order valence-corrected chi connectivity index (χ4v) is 5.35. The van der Waals surface area contributed by atoms with Crippen molar-refractivity contribution in [3.8, 4) is 0 Å². The number of nitrogens with one attached hydrogen (secondary N) is 3. The lowest BCUT2D eigenvalue weighted by molar-refractivity contribution is -0.135. The lowest BCUT2D eigenvalue weighted by atomic mass is 9.97. The second-order valence-electron chi connectivity index (χ2n) is 14.3. The summed E-state index contributed by atoms with van der Waals surface area (Å²) in [7, 11) is 0. The van der Waals surface area contributed by atoms with Gasteiger partial charge in [0.25, 0.3) is 5.91 Å². The molecule has 4 amide bonds. The van der Waals surface area contributed by atoms with E-state index in [1.807, 2.05) is 66.4 Å². The monoisotopic (exact) mass is 674 g/mol. The Morgan fingerprint density at radius 1 is 0.959 bits per heavy atom. The number of carbonyl (C=O) groups excluding carboxylic acids is 4. The predicted molar refractivity (Wildman–Crippen MR) is 187 cm³/mol. The van der Waals surface area contributed by atoms with Crippen molar-refractivity contribution in [1.82, 2.24) is 25.1 Å². The first kappa shape index (κ1) is 37.1. The number of piperidine rings is 1. The van der Waals surface area contributed by atoms with Crippen LogP contribution in [-0.2, 0) is 30.5 Å². The van der Waals surface area contributed by atoms with Gasteiger partial charge in [0, 0.05) is 19.3 Å². The first-order chi connectivity index (χ1) is 23.1. The van der Waals surface area contributed by atoms with Crippen molar-refractivity contribution in [3.05, 3.63) is 83.8 Å². The van der Waals surface area contributed by atoms with Crippen molar-refractivity contribution in [1.29, 1.82) is 0 Å². The van der Waals surface area contributed by atoms with Crippen LogP contribution in [0, 0.1) is 12.8 Å². The number of hydrogen-bond donors (Lipinski definition) is 3. The number of benzene rings is 2. The van der Waals surface area contributed by atoms with E-state index in [4.69, 9.17) is 9.47 Å². The third-order valence-electron chi connectivity index (χ3n) is 8.27. The molecule has 12 heteroatoms. The van der Waals surface area contributed by atoms with Gasteiger partial charge < -0.3 is 34.9 Å². The number of rotatable bonds is 12. The SMILES string of the molecule is Cc1ccc(C(C(=O)N2CCC(C)CC2)n2cnc(NC(=O)C(COCc3ccccc3)NC(=O)C(C)(C)NC(=O)OC(C)(C)C)c2)cc1. The van der Waals surface area contributed by atoms with Gasteiger partial charge in [0.2, 0.25) is 11.8 Å². The van der Waals surface area contributed by atoms with Crippen LogP contribution in [0.4, 0.5) is 10.6 Å². The molecule has 0 aliphatic carbocycles. The largest absolute Gasteiger partial charge is 0.444 e. The van der Waals surface area contributed by atoms with E-state index in [0.717, 1.165) is 29.5 Å². The Hall–Kier alpha value is -4.71. The Morgan fingerprint density at radius 2 is 1.61 bits per heavy atom. The summed E-state index contributed by atoms with van der Waals surface area (Å²) in [5, 5.41) is 8.06. The standard InChI is InChI=1S/C37H50N6O6/c1-25-13-15-28(16-14-25)31(33(45)42-19-17-26(2)18-20-42)43-21-30(38-24-43)40-32(44)29(23-48-22-27-11-9-8-10-12-27)39-34(46)37(6,7)41-35(47)49-36(3,4)5/h8-16,21,24,26,29,31H,17-20,22-23H2,1-7H3,(H,39,46)(H,40,44)(H,41,47). The Kier molecular flexibility index (Phi) is 12.2. The number of aryl methyl sites for hydroxylation is 1. The maximum atomic E-state index is 13.9. The van der Waals surface area contributed by atoms with Crippen molar-refractivity contribution in [2.45, 2.75) is 91.1 Å². The molecule has 2 heterocycles. The summed E-state index contributed by atoms with van der Waals surface area (Å²) in [5.41, 5.74) is 0.600. The van der Waals surface area contributed by atoms with E-state index in [2.05, 4.69) is 27.9 Å². The molecule has 0 radical (unpaired) electrons. The van der Waals surface area contributed by atoms with Gasteiger partial charge in [-0.15, -0.1) is 0 Å². The molecule has 0 saturated carbocycles. The number of alkyl carbamates (subject to hydrolysis) is 1. The van der Waals surface area contributed by atoms with Crippen molar-refractivity contribution < 1.29 is 28.7 Å². The highest BCUT2D eigenvalue weighted by Gasteiger charge is 2.35. The fraction of sp³-hybridized carbons (Fsp3) is 0.486. The van der Waals surface area contributed by atoms with Crippen molar-refractivity contribution >= 4 is 29.6 Å². The second kappa shape index (κ2) is 16.1. The van der Waals surface area contributed by atoms with E-state index in [1.165, 1.54) is 20.2 Å². The summed E-state index contributed by atoms with van der Waals surface area (Å²) in [6.45, 7) is 13.8. The van der Waals surface area contributed by atoms with Crippen LogP contribution in [0.5, 0.6) is 0 Å². The molecule has 0 spiro atoms. The van der Waals surface area contributed by atoms with Crippen LogP contribution in [0.3, 0.4) is 0 Å². The van der Waals surface area contributed by atoms with Gasteiger partial charge in [-0.1, -0.05) is 67.1 Å². The molecule has 12 nitrogen and oxygen atoms in total. The summed E-state index contributed by atoms with van der Waals surface area (Å²) >= 11 is 0. The number of ether oxygens (including phenoxy) is 2. The van der Waals surface area contributed by atoms with Gasteiger partial charge in [0.05, 0.1) is 19.5 Å². The van der Waals surface area contributed by atoms with Gasteiger partial charge in [-0.05, 0) is 71.4 Å². The molecular weight excluding hydrogens is 624 g/mol. The first-order valence-electron chi connectivity index (χ1n) is 16.7. The van der Waals surface area contributed by atoms with E-state index in [0.29, 0.717) is 19.0 Å². The highest BCUT2D eigenvalue weighted by atomic mass is 16.6. The summed E-state index contributed by atoms with van der Waals surface area (Å²) in [6.07, 6.45) is 4.27. The summed E-state index contributed by atoms with van der Waals surface area (Å²) < 4.78 is 12.9. The molecule has 1 aliphatic rings. The number of hydrogen-bond acceptors (Lipinski definition) is 7. The number of aromatic nitrogens is 2. The normalized spacial score (nSPS) is 15.2. The van der Waals surface area contributed by atoms with Gasteiger partial charge in [0.15, 0.2) is 5.82 Å². The minimum Gasteiger partial charge on any atom is -0.444 e. The highest BCUT2D eigenvalue weighted by molar-refractivity contribution is 5.98. The number of imidazole rings is 1. The van der Waals surface area contributed by atoms with Crippen molar-refractivity contribution in [2.75, 3.05) is 25.0 Å². The smallest absolute Gasteiger partial charge is 0.408 e. The third-order valence-corrected chi connectivity index (χ3v) is 8.27. The quantitative estimate of drug-likeness (QED) is 0.246. The number of likely N-dealkylation sites (tertiary alicyclic amines) is 1. The first-order valence-corrected chi connectivity index (χ1v) is 16.7. The number of nitrogens with zero attached hydrogens (tertiary/aromatic N) is 3. The van der Waals surface area contributed by atoms with Gasteiger partial charge in [0.1, 0.15) is 23.2 Å².